The molecule has 1 aromatic heterocycles. The summed E-state index contributed by atoms with van der Waals surface area (Å²) >= 11 is 0. The first-order valence-corrected chi connectivity index (χ1v) is 7.86. The SMILES string of the molecule is CC1C(=O)CCN=C1CS(=O)c1nc2ccccc2[nH]1. The fraction of sp³-hybridized carbons (Fsp3) is 0.357. The van der Waals surface area contributed by atoms with Crippen LogP contribution in [0.3, 0.4) is 0 Å². The van der Waals surface area contributed by atoms with Gasteiger partial charge in [0.25, 0.3) is 0 Å². The van der Waals surface area contributed by atoms with E-state index in [1.807, 2.05) is 31.2 Å². The number of rotatable bonds is 3. The highest BCUT2D eigenvalue weighted by Crippen LogP contribution is 2.16. The molecule has 1 N–H and O–H groups in total. The first-order valence-electron chi connectivity index (χ1n) is 6.54. The average molecular weight is 289 g/mol. The summed E-state index contributed by atoms with van der Waals surface area (Å²) < 4.78 is 12.4. The van der Waals surface area contributed by atoms with Crippen molar-refractivity contribution < 1.29 is 9.00 Å². The monoisotopic (exact) mass is 289 g/mol. The molecule has 1 aliphatic heterocycles. The minimum absolute atomic E-state index is 0.177. The summed E-state index contributed by atoms with van der Waals surface area (Å²) in [5.74, 6) is 0.223. The van der Waals surface area contributed by atoms with Gasteiger partial charge in [-0.05, 0) is 12.1 Å². The van der Waals surface area contributed by atoms with Gasteiger partial charge in [0.2, 0.25) is 0 Å². The van der Waals surface area contributed by atoms with Crippen molar-refractivity contribution in [2.24, 2.45) is 10.9 Å². The zero-order chi connectivity index (χ0) is 14.1. The maximum absolute atomic E-state index is 12.4. The topological polar surface area (TPSA) is 75.2 Å². The molecule has 1 aromatic carbocycles. The Morgan fingerprint density at radius 3 is 3.00 bits per heavy atom. The Bertz CT molecular complexity index is 687. The Morgan fingerprint density at radius 2 is 2.20 bits per heavy atom. The van der Waals surface area contributed by atoms with Gasteiger partial charge in [-0.2, -0.15) is 0 Å². The minimum atomic E-state index is -1.30. The van der Waals surface area contributed by atoms with Crippen molar-refractivity contribution in [3.05, 3.63) is 24.3 Å². The third-order valence-corrected chi connectivity index (χ3v) is 4.70. The standard InChI is InChI=1S/C14H15N3O2S/c1-9-12(15-7-6-13(9)18)8-20(19)14-16-10-4-2-3-5-11(10)17-14/h2-5,9H,6-8H2,1H3,(H,16,17). The molecular weight excluding hydrogens is 274 g/mol. The number of imidazole rings is 1. The molecule has 0 bridgehead atoms. The number of hydrogen-bond donors (Lipinski definition) is 1. The number of H-pyrrole nitrogens is 1. The quantitative estimate of drug-likeness (QED) is 0.934. The van der Waals surface area contributed by atoms with Gasteiger partial charge in [-0.25, -0.2) is 4.98 Å². The Balaban J connectivity index is 1.82. The van der Waals surface area contributed by atoms with Crippen molar-refractivity contribution in [1.29, 1.82) is 0 Å². The zero-order valence-corrected chi connectivity index (χ0v) is 11.9. The zero-order valence-electron chi connectivity index (χ0n) is 11.1. The number of aromatic nitrogens is 2. The van der Waals surface area contributed by atoms with Gasteiger partial charge in [-0.3, -0.25) is 14.0 Å². The van der Waals surface area contributed by atoms with E-state index in [2.05, 4.69) is 15.0 Å². The lowest BCUT2D eigenvalue weighted by Gasteiger charge is -2.17. The number of fused-ring (bicyclic) bond motifs is 1. The van der Waals surface area contributed by atoms with Gasteiger partial charge in [-0.1, -0.05) is 19.1 Å². The molecule has 2 aromatic rings. The fourth-order valence-corrected chi connectivity index (χ4v) is 3.43. The number of Topliss-reactive ketones (excluding diaryl/α,β-unsaturated/α-hetero) is 1. The normalized spacial score (nSPS) is 20.9. The number of aromatic amines is 1. The van der Waals surface area contributed by atoms with Crippen molar-refractivity contribution in [3.63, 3.8) is 0 Å². The van der Waals surface area contributed by atoms with Crippen LogP contribution in [0.1, 0.15) is 13.3 Å². The van der Waals surface area contributed by atoms with Crippen LogP contribution in [0.5, 0.6) is 0 Å². The minimum Gasteiger partial charge on any atom is -0.331 e. The molecule has 2 heterocycles. The van der Waals surface area contributed by atoms with Crippen LogP contribution in [-0.2, 0) is 15.6 Å². The molecule has 20 heavy (non-hydrogen) atoms. The molecule has 1 aliphatic rings. The first-order chi connectivity index (χ1) is 9.65. The van der Waals surface area contributed by atoms with Crippen molar-refractivity contribution >= 4 is 33.3 Å². The summed E-state index contributed by atoms with van der Waals surface area (Å²) in [6, 6.07) is 7.56. The smallest absolute Gasteiger partial charge is 0.197 e. The number of nitrogens with one attached hydrogen (secondary N) is 1. The Morgan fingerprint density at radius 1 is 1.40 bits per heavy atom. The Kier molecular flexibility index (Phi) is 3.48. The van der Waals surface area contributed by atoms with Crippen LogP contribution in [0.2, 0.25) is 0 Å². The Labute approximate surface area is 119 Å². The molecule has 0 saturated heterocycles. The number of nitrogens with zero attached hydrogens (tertiary/aromatic N) is 2. The molecule has 0 aliphatic carbocycles. The predicted molar refractivity (Wildman–Crippen MR) is 78.5 cm³/mol. The van der Waals surface area contributed by atoms with Gasteiger partial charge >= 0.3 is 0 Å². The summed E-state index contributed by atoms with van der Waals surface area (Å²) in [5, 5.41) is 0.444. The van der Waals surface area contributed by atoms with E-state index in [4.69, 9.17) is 0 Å². The van der Waals surface area contributed by atoms with Crippen LogP contribution in [0, 0.1) is 5.92 Å². The van der Waals surface area contributed by atoms with Gasteiger partial charge in [-0.15, -0.1) is 0 Å². The van der Waals surface area contributed by atoms with Crippen LogP contribution in [-0.4, -0.2) is 38.0 Å². The average Bonchev–Trinajstić information content (AvgIpc) is 2.88. The number of aliphatic imine (C=N–C) groups is 1. The summed E-state index contributed by atoms with van der Waals surface area (Å²) in [7, 11) is -1.30. The molecule has 0 fully saturated rings. The van der Waals surface area contributed by atoms with Crippen molar-refractivity contribution in [2.45, 2.75) is 18.5 Å². The van der Waals surface area contributed by atoms with E-state index in [0.29, 0.717) is 18.1 Å². The van der Waals surface area contributed by atoms with E-state index in [0.717, 1.165) is 16.7 Å². The number of carbonyl (C=O) groups excluding carboxylic acids is 1. The molecule has 104 valence electrons. The van der Waals surface area contributed by atoms with E-state index in [9.17, 15) is 9.00 Å². The highest BCUT2D eigenvalue weighted by molar-refractivity contribution is 7.85. The van der Waals surface area contributed by atoms with Gasteiger partial charge in [0.05, 0.1) is 33.5 Å². The molecule has 0 spiro atoms. The van der Waals surface area contributed by atoms with Crippen LogP contribution in [0.25, 0.3) is 11.0 Å². The molecular formula is C14H15N3O2S. The van der Waals surface area contributed by atoms with E-state index in [1.165, 1.54) is 0 Å². The lowest BCUT2D eigenvalue weighted by atomic mass is 9.96. The first kappa shape index (κ1) is 13.2. The fourth-order valence-electron chi connectivity index (χ4n) is 2.26. The number of ketones is 1. The van der Waals surface area contributed by atoms with Gasteiger partial charge < -0.3 is 4.98 Å². The molecule has 0 amide bonds. The lowest BCUT2D eigenvalue weighted by molar-refractivity contribution is -0.120. The number of carbonyl (C=O) groups is 1. The van der Waals surface area contributed by atoms with Crippen LogP contribution < -0.4 is 0 Å². The largest absolute Gasteiger partial charge is 0.331 e. The number of para-hydroxylation sites is 2. The van der Waals surface area contributed by atoms with Crippen molar-refractivity contribution in [3.8, 4) is 0 Å². The summed E-state index contributed by atoms with van der Waals surface area (Å²) in [4.78, 5) is 23.4. The van der Waals surface area contributed by atoms with Gasteiger partial charge in [0.1, 0.15) is 5.78 Å². The molecule has 2 unspecified atom stereocenters. The second-order valence-corrected chi connectivity index (χ2v) is 6.23. The third-order valence-electron chi connectivity index (χ3n) is 3.52. The molecule has 3 rings (SSSR count). The second-order valence-electron chi connectivity index (χ2n) is 4.86. The van der Waals surface area contributed by atoms with Crippen LogP contribution >= 0.6 is 0 Å². The maximum Gasteiger partial charge on any atom is 0.197 e. The molecule has 0 radical (unpaired) electrons. The molecule has 0 saturated carbocycles. The molecule has 6 heteroatoms. The molecule has 5 nitrogen and oxygen atoms in total. The van der Waals surface area contributed by atoms with E-state index in [-0.39, 0.29) is 17.5 Å². The highest BCUT2D eigenvalue weighted by Gasteiger charge is 2.25. The molecule has 2 atom stereocenters. The number of hydrogen-bond acceptors (Lipinski definition) is 4. The van der Waals surface area contributed by atoms with Crippen LogP contribution in [0.4, 0.5) is 0 Å². The van der Waals surface area contributed by atoms with E-state index in [1.54, 1.807) is 0 Å². The highest BCUT2D eigenvalue weighted by atomic mass is 32.2. The van der Waals surface area contributed by atoms with Crippen molar-refractivity contribution in [2.75, 3.05) is 12.3 Å². The van der Waals surface area contributed by atoms with Gasteiger partial charge in [0.15, 0.2) is 5.16 Å². The Hall–Kier alpha value is -1.82. The van der Waals surface area contributed by atoms with Crippen molar-refractivity contribution in [1.82, 2.24) is 9.97 Å². The lowest BCUT2D eigenvalue weighted by Crippen LogP contribution is -2.30. The number of benzene rings is 1. The second kappa shape index (κ2) is 5.28. The van der Waals surface area contributed by atoms with E-state index < -0.39 is 10.8 Å². The summed E-state index contributed by atoms with van der Waals surface area (Å²) in [6.45, 7) is 2.34. The van der Waals surface area contributed by atoms with E-state index >= 15 is 0 Å². The third kappa shape index (κ3) is 2.43. The van der Waals surface area contributed by atoms with Crippen LogP contribution in [0.15, 0.2) is 34.4 Å². The summed E-state index contributed by atoms with van der Waals surface area (Å²) in [6.07, 6.45) is 0.488. The summed E-state index contributed by atoms with van der Waals surface area (Å²) in [5.41, 5.74) is 2.39. The van der Waals surface area contributed by atoms with Gasteiger partial charge in [0, 0.05) is 18.7 Å². The predicted octanol–water partition coefficient (Wildman–Crippen LogP) is 1.72. The maximum atomic E-state index is 12.4.